The average molecular weight is 204 g/mol. The van der Waals surface area contributed by atoms with Gasteiger partial charge in [0.15, 0.2) is 0 Å². The van der Waals surface area contributed by atoms with Crippen LogP contribution in [0.25, 0.3) is 0 Å². The molecule has 3 heterocycles. The van der Waals surface area contributed by atoms with Crippen molar-refractivity contribution in [2.75, 3.05) is 19.6 Å². The van der Waals surface area contributed by atoms with E-state index in [1.807, 2.05) is 19.3 Å². The lowest BCUT2D eigenvalue weighted by Crippen LogP contribution is -2.51. The molecule has 3 rings (SSSR count). The van der Waals surface area contributed by atoms with Crippen molar-refractivity contribution in [3.05, 3.63) is 23.8 Å². The molecule has 2 aliphatic heterocycles. The quantitative estimate of drug-likeness (QED) is 0.746. The summed E-state index contributed by atoms with van der Waals surface area (Å²) in [6, 6.07) is 0.747. The van der Waals surface area contributed by atoms with Gasteiger partial charge >= 0.3 is 0 Å². The molecule has 2 aliphatic rings. The van der Waals surface area contributed by atoms with Gasteiger partial charge in [-0.1, -0.05) is 0 Å². The third kappa shape index (κ3) is 1.75. The monoisotopic (exact) mass is 204 g/mol. The summed E-state index contributed by atoms with van der Waals surface area (Å²) in [7, 11) is 0. The van der Waals surface area contributed by atoms with Gasteiger partial charge in [-0.05, 0) is 6.92 Å². The highest BCUT2D eigenvalue weighted by molar-refractivity contribution is 5.07. The van der Waals surface area contributed by atoms with E-state index >= 15 is 0 Å². The maximum Gasteiger partial charge on any atom is 0.125 e. The minimum Gasteiger partial charge on any atom is -0.312 e. The largest absolute Gasteiger partial charge is 0.312 e. The van der Waals surface area contributed by atoms with Crippen LogP contribution in [0, 0.1) is 12.8 Å². The summed E-state index contributed by atoms with van der Waals surface area (Å²) in [4.78, 5) is 10.9. The summed E-state index contributed by atoms with van der Waals surface area (Å²) in [5.74, 6) is 1.73. The molecule has 0 bridgehead atoms. The number of nitrogens with one attached hydrogen (secondary N) is 1. The molecule has 0 amide bonds. The first-order valence-electron chi connectivity index (χ1n) is 5.54. The van der Waals surface area contributed by atoms with Crippen molar-refractivity contribution in [3.63, 3.8) is 0 Å². The Hall–Kier alpha value is -1.00. The van der Waals surface area contributed by atoms with Gasteiger partial charge in [0.05, 0.1) is 0 Å². The summed E-state index contributed by atoms with van der Waals surface area (Å²) in [5, 5.41) is 3.46. The Labute approximate surface area is 89.7 Å². The molecule has 1 aromatic heterocycles. The standard InChI is InChI=1S/C11H16N4/c1-8-12-2-9(3-13-8)5-15-6-10-4-14-11(10)7-15/h2-3,10-11,14H,4-7H2,1H3. The highest BCUT2D eigenvalue weighted by atomic mass is 15.2. The smallest absolute Gasteiger partial charge is 0.125 e. The van der Waals surface area contributed by atoms with Gasteiger partial charge in [-0.25, -0.2) is 9.97 Å². The van der Waals surface area contributed by atoms with Gasteiger partial charge in [0.25, 0.3) is 0 Å². The number of fused-ring (bicyclic) bond motifs is 1. The first kappa shape index (κ1) is 9.24. The minimum atomic E-state index is 0.747. The highest BCUT2D eigenvalue weighted by Gasteiger charge is 2.38. The fraction of sp³-hybridized carbons (Fsp3) is 0.636. The molecule has 0 aliphatic carbocycles. The van der Waals surface area contributed by atoms with Crippen LogP contribution in [0.3, 0.4) is 0 Å². The lowest BCUT2D eigenvalue weighted by molar-refractivity contribution is 0.295. The van der Waals surface area contributed by atoms with E-state index in [-0.39, 0.29) is 0 Å². The number of nitrogens with zero attached hydrogens (tertiary/aromatic N) is 3. The summed E-state index contributed by atoms with van der Waals surface area (Å²) < 4.78 is 0. The van der Waals surface area contributed by atoms with Gasteiger partial charge in [0.2, 0.25) is 0 Å². The summed E-state index contributed by atoms with van der Waals surface area (Å²) in [5.41, 5.74) is 1.22. The van der Waals surface area contributed by atoms with Gasteiger partial charge in [-0.3, -0.25) is 4.90 Å². The van der Waals surface area contributed by atoms with E-state index in [1.165, 1.54) is 25.2 Å². The minimum absolute atomic E-state index is 0.747. The van der Waals surface area contributed by atoms with E-state index in [4.69, 9.17) is 0 Å². The zero-order valence-electron chi connectivity index (χ0n) is 8.98. The van der Waals surface area contributed by atoms with Crippen molar-refractivity contribution in [1.82, 2.24) is 20.2 Å². The zero-order valence-corrected chi connectivity index (χ0v) is 8.98. The van der Waals surface area contributed by atoms with Crippen molar-refractivity contribution < 1.29 is 0 Å². The molecule has 0 radical (unpaired) electrons. The van der Waals surface area contributed by atoms with Crippen LogP contribution in [-0.4, -0.2) is 40.5 Å². The first-order valence-corrected chi connectivity index (χ1v) is 5.54. The summed E-state index contributed by atoms with van der Waals surface area (Å²) in [6.07, 6.45) is 3.88. The van der Waals surface area contributed by atoms with Crippen LogP contribution in [0.5, 0.6) is 0 Å². The molecule has 0 saturated carbocycles. The van der Waals surface area contributed by atoms with Crippen LogP contribution in [-0.2, 0) is 6.54 Å². The Balaban J connectivity index is 1.63. The lowest BCUT2D eigenvalue weighted by Gasteiger charge is -2.30. The fourth-order valence-electron chi connectivity index (χ4n) is 2.43. The molecule has 4 heteroatoms. The number of rotatable bonds is 2. The van der Waals surface area contributed by atoms with E-state index in [0.29, 0.717) is 0 Å². The average Bonchev–Trinajstić information content (AvgIpc) is 2.48. The SMILES string of the molecule is Cc1ncc(CN2CC3CNC3C2)cn1. The molecular weight excluding hydrogens is 188 g/mol. The molecule has 1 N–H and O–H groups in total. The van der Waals surface area contributed by atoms with E-state index in [2.05, 4.69) is 20.2 Å². The van der Waals surface area contributed by atoms with E-state index in [1.54, 1.807) is 0 Å². The number of aromatic nitrogens is 2. The van der Waals surface area contributed by atoms with Crippen LogP contribution in [0.15, 0.2) is 12.4 Å². The molecule has 15 heavy (non-hydrogen) atoms. The number of aryl methyl sites for hydroxylation is 1. The maximum atomic E-state index is 4.22. The zero-order chi connectivity index (χ0) is 10.3. The number of hydrogen-bond acceptors (Lipinski definition) is 4. The molecule has 0 aromatic carbocycles. The molecule has 1 aromatic rings. The van der Waals surface area contributed by atoms with Gasteiger partial charge in [0, 0.05) is 56.1 Å². The summed E-state index contributed by atoms with van der Waals surface area (Å²) in [6.45, 7) is 6.52. The third-order valence-electron chi connectivity index (χ3n) is 3.40. The second-order valence-corrected chi connectivity index (χ2v) is 4.61. The molecule has 80 valence electrons. The Morgan fingerprint density at radius 2 is 2.20 bits per heavy atom. The van der Waals surface area contributed by atoms with Gasteiger partial charge in [0.1, 0.15) is 5.82 Å². The van der Waals surface area contributed by atoms with Gasteiger partial charge < -0.3 is 5.32 Å². The number of hydrogen-bond donors (Lipinski definition) is 1. The highest BCUT2D eigenvalue weighted by Crippen LogP contribution is 2.24. The van der Waals surface area contributed by atoms with Crippen LogP contribution < -0.4 is 5.32 Å². The second-order valence-electron chi connectivity index (χ2n) is 4.61. The van der Waals surface area contributed by atoms with Crippen LogP contribution in [0.1, 0.15) is 11.4 Å². The van der Waals surface area contributed by atoms with E-state index < -0.39 is 0 Å². The number of likely N-dealkylation sites (tertiary alicyclic amines) is 1. The Morgan fingerprint density at radius 3 is 2.73 bits per heavy atom. The molecule has 2 saturated heterocycles. The molecule has 2 unspecified atom stereocenters. The van der Waals surface area contributed by atoms with Crippen molar-refractivity contribution in [1.29, 1.82) is 0 Å². The van der Waals surface area contributed by atoms with Crippen LogP contribution in [0.4, 0.5) is 0 Å². The Kier molecular flexibility index (Phi) is 2.18. The lowest BCUT2D eigenvalue weighted by atomic mass is 9.96. The van der Waals surface area contributed by atoms with Crippen molar-refractivity contribution in [2.45, 2.75) is 19.5 Å². The Bertz CT molecular complexity index is 336. The first-order chi connectivity index (χ1) is 7.31. The predicted octanol–water partition coefficient (Wildman–Crippen LogP) is 0.189. The Morgan fingerprint density at radius 1 is 1.40 bits per heavy atom. The molecule has 2 fully saturated rings. The van der Waals surface area contributed by atoms with Crippen LogP contribution >= 0.6 is 0 Å². The second kappa shape index (κ2) is 3.54. The fourth-order valence-corrected chi connectivity index (χ4v) is 2.43. The summed E-state index contributed by atoms with van der Waals surface area (Å²) >= 11 is 0. The van der Waals surface area contributed by atoms with E-state index in [9.17, 15) is 0 Å². The molecule has 4 nitrogen and oxygen atoms in total. The van der Waals surface area contributed by atoms with Gasteiger partial charge in [-0.2, -0.15) is 0 Å². The normalized spacial score (nSPS) is 29.9. The molecule has 2 atom stereocenters. The van der Waals surface area contributed by atoms with Gasteiger partial charge in [-0.15, -0.1) is 0 Å². The topological polar surface area (TPSA) is 41.1 Å². The predicted molar refractivity (Wildman–Crippen MR) is 57.3 cm³/mol. The van der Waals surface area contributed by atoms with E-state index in [0.717, 1.165) is 24.3 Å². The third-order valence-corrected chi connectivity index (χ3v) is 3.40. The molecular formula is C11H16N4. The van der Waals surface area contributed by atoms with Crippen LogP contribution in [0.2, 0.25) is 0 Å². The van der Waals surface area contributed by atoms with Crippen molar-refractivity contribution >= 4 is 0 Å². The van der Waals surface area contributed by atoms with Crippen molar-refractivity contribution in [3.8, 4) is 0 Å². The van der Waals surface area contributed by atoms with Crippen molar-refractivity contribution in [2.24, 2.45) is 5.92 Å². The maximum absolute atomic E-state index is 4.22. The molecule has 0 spiro atoms.